The van der Waals surface area contributed by atoms with Crippen LogP contribution < -0.4 is 10.1 Å². The summed E-state index contributed by atoms with van der Waals surface area (Å²) in [5, 5.41) is 3.41. The topological polar surface area (TPSA) is 38.3 Å². The van der Waals surface area contributed by atoms with Crippen LogP contribution in [0.15, 0.2) is 42.5 Å². The predicted molar refractivity (Wildman–Crippen MR) is 86.1 cm³/mol. The van der Waals surface area contributed by atoms with Crippen molar-refractivity contribution in [3.63, 3.8) is 0 Å². The van der Waals surface area contributed by atoms with Crippen LogP contribution in [-0.4, -0.2) is 12.5 Å². The Kier molecular flexibility index (Phi) is 5.23. The first kappa shape index (κ1) is 15.4. The molecule has 0 aliphatic rings. The van der Waals surface area contributed by atoms with Crippen molar-refractivity contribution >= 4 is 23.2 Å². The number of halogens is 1. The van der Waals surface area contributed by atoms with Gasteiger partial charge in [0.2, 0.25) is 0 Å². The molecule has 0 saturated heterocycles. The second-order valence-corrected chi connectivity index (χ2v) is 5.14. The highest BCUT2D eigenvalue weighted by Crippen LogP contribution is 2.24. The normalized spacial score (nSPS) is 10.2. The maximum absolute atomic E-state index is 12.0. The van der Waals surface area contributed by atoms with E-state index in [0.717, 1.165) is 23.2 Å². The first-order valence-electron chi connectivity index (χ1n) is 6.87. The average molecular weight is 304 g/mol. The summed E-state index contributed by atoms with van der Waals surface area (Å²) < 4.78 is 5.44. The van der Waals surface area contributed by atoms with Crippen molar-refractivity contribution in [2.45, 2.75) is 20.3 Å². The zero-order valence-electron chi connectivity index (χ0n) is 12.2. The largest absolute Gasteiger partial charge is 0.482 e. The molecule has 1 N–H and O–H groups in total. The molecular weight excluding hydrogens is 286 g/mol. The minimum absolute atomic E-state index is 0.0682. The number of benzene rings is 2. The van der Waals surface area contributed by atoms with Gasteiger partial charge in [-0.05, 0) is 36.6 Å². The molecule has 0 spiro atoms. The van der Waals surface area contributed by atoms with E-state index in [9.17, 15) is 4.79 Å². The summed E-state index contributed by atoms with van der Waals surface area (Å²) >= 11 is 5.98. The van der Waals surface area contributed by atoms with Crippen molar-refractivity contribution in [3.05, 3.63) is 58.6 Å². The van der Waals surface area contributed by atoms with Gasteiger partial charge in [0.1, 0.15) is 5.75 Å². The van der Waals surface area contributed by atoms with E-state index < -0.39 is 0 Å². The number of aryl methyl sites for hydroxylation is 2. The van der Waals surface area contributed by atoms with Crippen LogP contribution in [0.2, 0.25) is 5.02 Å². The van der Waals surface area contributed by atoms with Crippen LogP contribution in [0, 0.1) is 6.92 Å². The van der Waals surface area contributed by atoms with Gasteiger partial charge < -0.3 is 10.1 Å². The SMILES string of the molecule is CCc1cccc(C)c1NC(=O)COc1ccccc1Cl. The van der Waals surface area contributed by atoms with Gasteiger partial charge in [0.05, 0.1) is 5.02 Å². The molecular formula is C17H18ClNO2. The maximum Gasteiger partial charge on any atom is 0.262 e. The van der Waals surface area contributed by atoms with Gasteiger partial charge in [0.25, 0.3) is 5.91 Å². The smallest absolute Gasteiger partial charge is 0.262 e. The summed E-state index contributed by atoms with van der Waals surface area (Å²) in [5.74, 6) is 0.314. The minimum Gasteiger partial charge on any atom is -0.482 e. The molecule has 4 heteroatoms. The van der Waals surface area contributed by atoms with E-state index >= 15 is 0 Å². The highest BCUT2D eigenvalue weighted by Gasteiger charge is 2.10. The lowest BCUT2D eigenvalue weighted by molar-refractivity contribution is -0.118. The van der Waals surface area contributed by atoms with Crippen molar-refractivity contribution < 1.29 is 9.53 Å². The number of carbonyl (C=O) groups is 1. The molecule has 0 aromatic heterocycles. The van der Waals surface area contributed by atoms with Crippen molar-refractivity contribution in [1.29, 1.82) is 0 Å². The molecule has 0 heterocycles. The van der Waals surface area contributed by atoms with Crippen molar-refractivity contribution in [1.82, 2.24) is 0 Å². The molecule has 1 amide bonds. The third-order valence-electron chi connectivity index (χ3n) is 3.20. The highest BCUT2D eigenvalue weighted by molar-refractivity contribution is 6.32. The average Bonchev–Trinajstić information content (AvgIpc) is 2.48. The molecule has 0 atom stereocenters. The van der Waals surface area contributed by atoms with Gasteiger partial charge >= 0.3 is 0 Å². The van der Waals surface area contributed by atoms with E-state index in [4.69, 9.17) is 16.3 Å². The van der Waals surface area contributed by atoms with Gasteiger partial charge in [-0.1, -0.05) is 48.9 Å². The Balaban J connectivity index is 2.01. The van der Waals surface area contributed by atoms with Crippen molar-refractivity contribution in [3.8, 4) is 5.75 Å². The van der Waals surface area contributed by atoms with Gasteiger partial charge in [0, 0.05) is 5.69 Å². The van der Waals surface area contributed by atoms with Crippen LogP contribution in [-0.2, 0) is 11.2 Å². The summed E-state index contributed by atoms with van der Waals surface area (Å²) in [6.45, 7) is 3.97. The lowest BCUT2D eigenvalue weighted by Crippen LogP contribution is -2.21. The molecule has 0 radical (unpaired) electrons. The van der Waals surface area contributed by atoms with Crippen LogP contribution in [0.1, 0.15) is 18.1 Å². The van der Waals surface area contributed by atoms with Gasteiger partial charge in [-0.25, -0.2) is 0 Å². The lowest BCUT2D eigenvalue weighted by Gasteiger charge is -2.13. The van der Waals surface area contributed by atoms with E-state index in [1.807, 2.05) is 37.3 Å². The van der Waals surface area contributed by atoms with Gasteiger partial charge in [-0.15, -0.1) is 0 Å². The molecule has 0 bridgehead atoms. The number of para-hydroxylation sites is 2. The van der Waals surface area contributed by atoms with Crippen LogP contribution in [0.4, 0.5) is 5.69 Å². The first-order chi connectivity index (χ1) is 10.1. The fraction of sp³-hybridized carbons (Fsp3) is 0.235. The van der Waals surface area contributed by atoms with E-state index in [0.29, 0.717) is 10.8 Å². The summed E-state index contributed by atoms with van der Waals surface area (Å²) in [6.07, 6.45) is 0.864. The number of nitrogens with one attached hydrogen (secondary N) is 1. The first-order valence-corrected chi connectivity index (χ1v) is 7.25. The molecule has 0 aliphatic heterocycles. The molecule has 0 saturated carbocycles. The molecule has 110 valence electrons. The molecule has 2 rings (SSSR count). The zero-order valence-corrected chi connectivity index (χ0v) is 12.9. The number of ether oxygens (including phenoxy) is 1. The Morgan fingerprint density at radius 2 is 1.95 bits per heavy atom. The van der Waals surface area contributed by atoms with E-state index in [-0.39, 0.29) is 12.5 Å². The Bertz CT molecular complexity index is 640. The highest BCUT2D eigenvalue weighted by atomic mass is 35.5. The molecule has 3 nitrogen and oxygen atoms in total. The monoisotopic (exact) mass is 303 g/mol. The Morgan fingerprint density at radius 1 is 1.19 bits per heavy atom. The number of rotatable bonds is 5. The van der Waals surface area contributed by atoms with Gasteiger partial charge in [-0.3, -0.25) is 4.79 Å². The number of anilines is 1. The molecule has 2 aromatic rings. The van der Waals surface area contributed by atoms with E-state index in [1.165, 1.54) is 0 Å². The fourth-order valence-corrected chi connectivity index (χ4v) is 2.27. The number of carbonyl (C=O) groups excluding carboxylic acids is 1. The molecule has 21 heavy (non-hydrogen) atoms. The predicted octanol–water partition coefficient (Wildman–Crippen LogP) is 4.23. The van der Waals surface area contributed by atoms with Crippen molar-refractivity contribution in [2.75, 3.05) is 11.9 Å². The summed E-state index contributed by atoms with van der Waals surface area (Å²) in [7, 11) is 0. The zero-order chi connectivity index (χ0) is 15.2. The Labute approximate surface area is 129 Å². The van der Waals surface area contributed by atoms with Crippen LogP contribution in [0.3, 0.4) is 0 Å². The third kappa shape index (κ3) is 3.99. The van der Waals surface area contributed by atoms with Crippen molar-refractivity contribution in [2.24, 2.45) is 0 Å². The second-order valence-electron chi connectivity index (χ2n) is 4.73. The number of hydrogen-bond donors (Lipinski definition) is 1. The summed E-state index contributed by atoms with van der Waals surface area (Å²) in [6, 6.07) is 13.1. The minimum atomic E-state index is -0.195. The third-order valence-corrected chi connectivity index (χ3v) is 3.51. The standard InChI is InChI=1S/C17H18ClNO2/c1-3-13-8-6-7-12(2)17(13)19-16(20)11-21-15-10-5-4-9-14(15)18/h4-10H,3,11H2,1-2H3,(H,19,20). The lowest BCUT2D eigenvalue weighted by atomic mass is 10.1. The summed E-state index contributed by atoms with van der Waals surface area (Å²) in [5.41, 5.74) is 3.02. The van der Waals surface area contributed by atoms with Gasteiger partial charge in [0.15, 0.2) is 6.61 Å². The maximum atomic E-state index is 12.0. The molecule has 0 aliphatic carbocycles. The molecule has 2 aromatic carbocycles. The van der Waals surface area contributed by atoms with Crippen LogP contribution in [0.25, 0.3) is 0 Å². The molecule has 0 unspecified atom stereocenters. The van der Waals surface area contributed by atoms with Gasteiger partial charge in [-0.2, -0.15) is 0 Å². The second kappa shape index (κ2) is 7.14. The Morgan fingerprint density at radius 3 is 2.67 bits per heavy atom. The van der Waals surface area contributed by atoms with Crippen LogP contribution in [0.5, 0.6) is 5.75 Å². The number of amides is 1. The number of hydrogen-bond acceptors (Lipinski definition) is 2. The summed E-state index contributed by atoms with van der Waals surface area (Å²) in [4.78, 5) is 12.0. The fourth-order valence-electron chi connectivity index (χ4n) is 2.08. The van der Waals surface area contributed by atoms with E-state index in [1.54, 1.807) is 12.1 Å². The molecule has 0 fully saturated rings. The quantitative estimate of drug-likeness (QED) is 0.897. The van der Waals surface area contributed by atoms with Crippen LogP contribution >= 0.6 is 11.6 Å². The van der Waals surface area contributed by atoms with E-state index in [2.05, 4.69) is 12.2 Å². The Hall–Kier alpha value is -2.00.